The molecule has 3 heteroatoms. The number of hydrogen-bond donors (Lipinski definition) is 0. The largest absolute Gasteiger partial charge is 0.377 e. The van der Waals surface area contributed by atoms with E-state index in [0.29, 0.717) is 11.9 Å². The second-order valence-corrected chi connectivity index (χ2v) is 3.41. The molecule has 0 N–H and O–H groups in total. The van der Waals surface area contributed by atoms with Crippen molar-refractivity contribution in [3.05, 3.63) is 0 Å². The van der Waals surface area contributed by atoms with Crippen LogP contribution in [0.3, 0.4) is 0 Å². The summed E-state index contributed by atoms with van der Waals surface area (Å²) in [6, 6.07) is 0.396. The van der Waals surface area contributed by atoms with Crippen LogP contribution in [0.4, 0.5) is 0 Å². The Morgan fingerprint density at radius 1 is 1.55 bits per heavy atom. The van der Waals surface area contributed by atoms with Crippen molar-refractivity contribution in [1.29, 1.82) is 0 Å². The average Bonchev–Trinajstić information content (AvgIpc) is 2.15. The van der Waals surface area contributed by atoms with Crippen molar-refractivity contribution in [2.24, 2.45) is 5.92 Å². The first kappa shape index (κ1) is 7.10. The SMILES string of the molecule is CC1CCN(C2COC2)C1=O. The summed E-state index contributed by atoms with van der Waals surface area (Å²) >= 11 is 0. The van der Waals surface area contributed by atoms with Crippen molar-refractivity contribution < 1.29 is 9.53 Å². The molecule has 2 heterocycles. The van der Waals surface area contributed by atoms with Gasteiger partial charge in [-0.1, -0.05) is 6.92 Å². The number of carbonyl (C=O) groups is 1. The van der Waals surface area contributed by atoms with Gasteiger partial charge in [-0.2, -0.15) is 0 Å². The van der Waals surface area contributed by atoms with Gasteiger partial charge in [0.15, 0.2) is 0 Å². The van der Waals surface area contributed by atoms with Gasteiger partial charge in [0.05, 0.1) is 19.3 Å². The van der Waals surface area contributed by atoms with Crippen LogP contribution in [0.25, 0.3) is 0 Å². The maximum Gasteiger partial charge on any atom is 0.225 e. The Balaban J connectivity index is 1.98. The van der Waals surface area contributed by atoms with Crippen LogP contribution in [-0.2, 0) is 9.53 Å². The number of rotatable bonds is 1. The van der Waals surface area contributed by atoms with Crippen molar-refractivity contribution in [2.45, 2.75) is 19.4 Å². The van der Waals surface area contributed by atoms with Gasteiger partial charge in [0.2, 0.25) is 5.91 Å². The predicted octanol–water partition coefficient (Wildman–Crippen LogP) is 0.254. The number of carbonyl (C=O) groups excluding carboxylic acids is 1. The summed E-state index contributed by atoms with van der Waals surface area (Å²) in [4.78, 5) is 13.4. The van der Waals surface area contributed by atoms with E-state index in [0.717, 1.165) is 26.2 Å². The van der Waals surface area contributed by atoms with Gasteiger partial charge in [-0.05, 0) is 6.42 Å². The highest BCUT2D eigenvalue weighted by Gasteiger charge is 2.36. The molecule has 3 nitrogen and oxygen atoms in total. The van der Waals surface area contributed by atoms with E-state index < -0.39 is 0 Å². The smallest absolute Gasteiger partial charge is 0.225 e. The lowest BCUT2D eigenvalue weighted by Crippen LogP contribution is -2.49. The molecule has 0 saturated carbocycles. The van der Waals surface area contributed by atoms with E-state index in [9.17, 15) is 4.79 Å². The third kappa shape index (κ3) is 1.03. The lowest BCUT2D eigenvalue weighted by atomic mass is 10.1. The quantitative estimate of drug-likeness (QED) is 0.543. The summed E-state index contributed by atoms with van der Waals surface area (Å²) in [6.45, 7) is 4.44. The third-order valence-corrected chi connectivity index (χ3v) is 2.57. The van der Waals surface area contributed by atoms with Crippen LogP contribution in [0.2, 0.25) is 0 Å². The van der Waals surface area contributed by atoms with E-state index in [-0.39, 0.29) is 5.92 Å². The van der Waals surface area contributed by atoms with E-state index in [1.165, 1.54) is 0 Å². The highest BCUT2D eigenvalue weighted by molar-refractivity contribution is 5.80. The highest BCUT2D eigenvalue weighted by Crippen LogP contribution is 2.22. The molecule has 2 saturated heterocycles. The molecule has 1 atom stereocenters. The molecular weight excluding hydrogens is 142 g/mol. The van der Waals surface area contributed by atoms with Crippen molar-refractivity contribution in [3.8, 4) is 0 Å². The Kier molecular flexibility index (Phi) is 1.60. The number of likely N-dealkylation sites (tertiary alicyclic amines) is 1. The Labute approximate surface area is 66.3 Å². The summed E-state index contributed by atoms with van der Waals surface area (Å²) in [7, 11) is 0. The van der Waals surface area contributed by atoms with Gasteiger partial charge in [0.1, 0.15) is 0 Å². The first-order valence-corrected chi connectivity index (χ1v) is 4.17. The molecule has 2 aliphatic rings. The van der Waals surface area contributed by atoms with E-state index in [4.69, 9.17) is 4.74 Å². The van der Waals surface area contributed by atoms with Gasteiger partial charge in [-0.3, -0.25) is 4.79 Å². The molecular formula is C8H13NO2. The summed E-state index contributed by atoms with van der Waals surface area (Å²) in [5.41, 5.74) is 0. The van der Waals surface area contributed by atoms with Crippen LogP contribution in [0.1, 0.15) is 13.3 Å². The molecule has 0 aliphatic carbocycles. The van der Waals surface area contributed by atoms with Crippen LogP contribution in [-0.4, -0.2) is 36.6 Å². The van der Waals surface area contributed by atoms with E-state index in [1.54, 1.807) is 0 Å². The highest BCUT2D eigenvalue weighted by atomic mass is 16.5. The lowest BCUT2D eigenvalue weighted by Gasteiger charge is -2.34. The second kappa shape index (κ2) is 2.48. The molecule has 0 aromatic heterocycles. The zero-order valence-electron chi connectivity index (χ0n) is 6.75. The van der Waals surface area contributed by atoms with Crippen LogP contribution < -0.4 is 0 Å². The minimum absolute atomic E-state index is 0.246. The number of hydrogen-bond acceptors (Lipinski definition) is 2. The fourth-order valence-corrected chi connectivity index (χ4v) is 1.62. The monoisotopic (exact) mass is 155 g/mol. The summed E-state index contributed by atoms with van der Waals surface area (Å²) < 4.78 is 5.04. The Hall–Kier alpha value is -0.570. The normalized spacial score (nSPS) is 32.6. The molecule has 2 aliphatic heterocycles. The molecule has 0 radical (unpaired) electrons. The molecule has 1 unspecified atom stereocenters. The number of ether oxygens (including phenoxy) is 1. The molecule has 0 bridgehead atoms. The van der Waals surface area contributed by atoms with Gasteiger partial charge in [0, 0.05) is 12.5 Å². The van der Waals surface area contributed by atoms with Gasteiger partial charge < -0.3 is 9.64 Å². The number of amides is 1. The maximum atomic E-state index is 11.4. The molecule has 62 valence electrons. The van der Waals surface area contributed by atoms with Gasteiger partial charge >= 0.3 is 0 Å². The standard InChI is InChI=1S/C8H13NO2/c1-6-2-3-9(8(6)10)7-4-11-5-7/h6-7H,2-5H2,1H3. The number of nitrogens with zero attached hydrogens (tertiary/aromatic N) is 1. The topological polar surface area (TPSA) is 29.5 Å². The van der Waals surface area contributed by atoms with Crippen LogP contribution >= 0.6 is 0 Å². The van der Waals surface area contributed by atoms with Crippen LogP contribution in [0.15, 0.2) is 0 Å². The fraction of sp³-hybridized carbons (Fsp3) is 0.875. The molecule has 1 amide bonds. The van der Waals surface area contributed by atoms with Crippen molar-refractivity contribution in [2.75, 3.05) is 19.8 Å². The lowest BCUT2D eigenvalue weighted by molar-refractivity contribution is -0.141. The molecule has 2 fully saturated rings. The van der Waals surface area contributed by atoms with Gasteiger partial charge in [0.25, 0.3) is 0 Å². The zero-order chi connectivity index (χ0) is 7.84. The second-order valence-electron chi connectivity index (χ2n) is 3.41. The Morgan fingerprint density at radius 2 is 2.27 bits per heavy atom. The molecule has 0 aromatic carbocycles. The third-order valence-electron chi connectivity index (χ3n) is 2.57. The Morgan fingerprint density at radius 3 is 2.64 bits per heavy atom. The fourth-order valence-electron chi connectivity index (χ4n) is 1.62. The first-order valence-electron chi connectivity index (χ1n) is 4.17. The molecule has 11 heavy (non-hydrogen) atoms. The minimum atomic E-state index is 0.246. The van der Waals surface area contributed by atoms with Crippen LogP contribution in [0.5, 0.6) is 0 Å². The Bertz CT molecular complexity index is 177. The molecule has 0 spiro atoms. The van der Waals surface area contributed by atoms with E-state index >= 15 is 0 Å². The summed E-state index contributed by atoms with van der Waals surface area (Å²) in [5, 5.41) is 0. The average molecular weight is 155 g/mol. The van der Waals surface area contributed by atoms with Gasteiger partial charge in [-0.15, -0.1) is 0 Å². The predicted molar refractivity (Wildman–Crippen MR) is 40.1 cm³/mol. The minimum Gasteiger partial charge on any atom is -0.377 e. The van der Waals surface area contributed by atoms with E-state index in [2.05, 4.69) is 0 Å². The van der Waals surface area contributed by atoms with Crippen molar-refractivity contribution in [3.63, 3.8) is 0 Å². The van der Waals surface area contributed by atoms with Crippen molar-refractivity contribution >= 4 is 5.91 Å². The van der Waals surface area contributed by atoms with Crippen LogP contribution in [0, 0.1) is 5.92 Å². The van der Waals surface area contributed by atoms with Gasteiger partial charge in [-0.25, -0.2) is 0 Å². The van der Waals surface area contributed by atoms with Crippen molar-refractivity contribution in [1.82, 2.24) is 4.90 Å². The van der Waals surface area contributed by atoms with E-state index in [1.807, 2.05) is 11.8 Å². The first-order chi connectivity index (χ1) is 5.29. The zero-order valence-corrected chi connectivity index (χ0v) is 6.75. The summed E-state index contributed by atoms with van der Waals surface area (Å²) in [6.07, 6.45) is 1.02. The maximum absolute atomic E-state index is 11.4. The summed E-state index contributed by atoms with van der Waals surface area (Å²) in [5.74, 6) is 0.564. The molecule has 0 aromatic rings. The molecule has 2 rings (SSSR count).